The molecule has 29 heavy (non-hydrogen) atoms. The van der Waals surface area contributed by atoms with Crippen molar-refractivity contribution in [3.05, 3.63) is 64.7 Å². The van der Waals surface area contributed by atoms with E-state index in [1.807, 2.05) is 51.1 Å². The molecule has 6 heteroatoms. The number of methoxy groups -OCH3 is 2. The summed E-state index contributed by atoms with van der Waals surface area (Å²) in [6.45, 7) is 6.11. The Labute approximate surface area is 171 Å². The average Bonchev–Trinajstić information content (AvgIpc) is 3.14. The second-order valence-electron chi connectivity index (χ2n) is 7.26. The van der Waals surface area contributed by atoms with Gasteiger partial charge in [-0.3, -0.25) is 4.79 Å². The van der Waals surface area contributed by atoms with Gasteiger partial charge in [0.25, 0.3) is 0 Å². The minimum absolute atomic E-state index is 0.113. The van der Waals surface area contributed by atoms with Crippen molar-refractivity contribution < 1.29 is 28.5 Å². The van der Waals surface area contributed by atoms with E-state index in [0.29, 0.717) is 28.6 Å². The van der Waals surface area contributed by atoms with Crippen LogP contribution in [-0.2, 0) is 19.0 Å². The highest BCUT2D eigenvalue weighted by molar-refractivity contribution is 6.07. The zero-order valence-corrected chi connectivity index (χ0v) is 17.4. The molecule has 0 radical (unpaired) electrons. The second kappa shape index (κ2) is 8.57. The smallest absolute Gasteiger partial charge is 0.231 e. The highest BCUT2D eigenvalue weighted by Gasteiger charge is 2.26. The van der Waals surface area contributed by atoms with Gasteiger partial charge in [-0.05, 0) is 56.7 Å². The van der Waals surface area contributed by atoms with Crippen molar-refractivity contribution >= 4 is 11.9 Å². The van der Waals surface area contributed by atoms with E-state index in [1.165, 1.54) is 13.2 Å². The lowest BCUT2D eigenvalue weighted by Crippen LogP contribution is -2.24. The number of carbonyl (C=O) groups is 1. The van der Waals surface area contributed by atoms with Crippen molar-refractivity contribution in [3.63, 3.8) is 0 Å². The molecule has 0 unspecified atom stereocenters. The van der Waals surface area contributed by atoms with Crippen LogP contribution in [0.25, 0.3) is 6.08 Å². The Morgan fingerprint density at radius 3 is 2.66 bits per heavy atom. The summed E-state index contributed by atoms with van der Waals surface area (Å²) < 4.78 is 27.5. The van der Waals surface area contributed by atoms with Crippen molar-refractivity contribution in [2.24, 2.45) is 0 Å². The summed E-state index contributed by atoms with van der Waals surface area (Å²) in [7, 11) is 3.08. The largest absolute Gasteiger partial charge is 0.495 e. The van der Waals surface area contributed by atoms with Crippen LogP contribution in [0.1, 0.15) is 26.3 Å². The van der Waals surface area contributed by atoms with Gasteiger partial charge >= 0.3 is 0 Å². The van der Waals surface area contributed by atoms with Crippen LogP contribution in [-0.4, -0.2) is 39.0 Å². The van der Waals surface area contributed by atoms with Crippen molar-refractivity contribution in [1.82, 2.24) is 0 Å². The topological polar surface area (TPSA) is 63.2 Å². The van der Waals surface area contributed by atoms with E-state index in [9.17, 15) is 4.79 Å². The maximum absolute atomic E-state index is 13.0. The predicted molar refractivity (Wildman–Crippen MR) is 110 cm³/mol. The number of carbonyl (C=O) groups excluding carboxylic acids is 1. The molecule has 2 aliphatic rings. The van der Waals surface area contributed by atoms with E-state index in [2.05, 4.69) is 0 Å². The molecular weight excluding hydrogens is 372 g/mol. The van der Waals surface area contributed by atoms with Crippen LogP contribution >= 0.6 is 0 Å². The number of allylic oxidation sites excluding steroid dienone is 3. The molecule has 2 heterocycles. The standard InChI is InChI=1S/C23H26O6/c1-15-17(10-11-23(2,3)29-15)22(26-5)18(13-25-4)19(24)8-6-16-7-9-20-21(12-16)28-14-27-20/h6-12H,13-14H2,1-5H3/b8-6+,22-18-. The Morgan fingerprint density at radius 1 is 1.21 bits per heavy atom. The van der Waals surface area contributed by atoms with Gasteiger partial charge in [-0.2, -0.15) is 0 Å². The van der Waals surface area contributed by atoms with Crippen LogP contribution in [0.5, 0.6) is 11.5 Å². The molecule has 1 aromatic carbocycles. The number of hydrogen-bond acceptors (Lipinski definition) is 6. The van der Waals surface area contributed by atoms with E-state index in [0.717, 1.165) is 11.1 Å². The predicted octanol–water partition coefficient (Wildman–Crippen LogP) is 4.18. The van der Waals surface area contributed by atoms with Gasteiger partial charge in [0.2, 0.25) is 6.79 Å². The van der Waals surface area contributed by atoms with Gasteiger partial charge in [0.05, 0.1) is 24.9 Å². The molecule has 6 nitrogen and oxygen atoms in total. The Kier molecular flexibility index (Phi) is 6.13. The van der Waals surface area contributed by atoms with E-state index in [4.69, 9.17) is 23.7 Å². The minimum Gasteiger partial charge on any atom is -0.495 e. The Balaban J connectivity index is 1.90. The fourth-order valence-corrected chi connectivity index (χ4v) is 3.20. The molecule has 0 fully saturated rings. The summed E-state index contributed by atoms with van der Waals surface area (Å²) >= 11 is 0. The van der Waals surface area contributed by atoms with Gasteiger partial charge in [-0.15, -0.1) is 0 Å². The van der Waals surface area contributed by atoms with Crippen molar-refractivity contribution in [2.45, 2.75) is 26.4 Å². The van der Waals surface area contributed by atoms with Crippen LogP contribution in [0.15, 0.2) is 59.1 Å². The Morgan fingerprint density at radius 2 is 1.97 bits per heavy atom. The molecule has 0 spiro atoms. The van der Waals surface area contributed by atoms with Gasteiger partial charge in [-0.1, -0.05) is 12.1 Å². The summed E-state index contributed by atoms with van der Waals surface area (Å²) in [5, 5.41) is 0. The number of benzene rings is 1. The summed E-state index contributed by atoms with van der Waals surface area (Å²) in [5.41, 5.74) is 1.56. The third kappa shape index (κ3) is 4.71. The molecule has 0 aromatic heterocycles. The number of ketones is 1. The summed E-state index contributed by atoms with van der Waals surface area (Å²) in [6.07, 6.45) is 7.08. The summed E-state index contributed by atoms with van der Waals surface area (Å²) in [6, 6.07) is 5.51. The fraction of sp³-hybridized carbons (Fsp3) is 0.348. The van der Waals surface area contributed by atoms with Gasteiger partial charge in [-0.25, -0.2) is 0 Å². The van der Waals surface area contributed by atoms with E-state index < -0.39 is 5.60 Å². The Bertz CT molecular complexity index is 917. The maximum Gasteiger partial charge on any atom is 0.231 e. The zero-order valence-electron chi connectivity index (χ0n) is 17.4. The summed E-state index contributed by atoms with van der Waals surface area (Å²) in [4.78, 5) is 13.0. The molecule has 3 rings (SSSR count). The number of rotatable bonds is 7. The lowest BCUT2D eigenvalue weighted by atomic mass is 9.98. The molecule has 0 amide bonds. The van der Waals surface area contributed by atoms with E-state index in [-0.39, 0.29) is 19.2 Å². The minimum atomic E-state index is -0.406. The molecular formula is C23H26O6. The highest BCUT2D eigenvalue weighted by Crippen LogP contribution is 2.33. The molecule has 0 aliphatic carbocycles. The van der Waals surface area contributed by atoms with Crippen LogP contribution in [0.3, 0.4) is 0 Å². The summed E-state index contributed by atoms with van der Waals surface area (Å²) in [5.74, 6) is 2.29. The fourth-order valence-electron chi connectivity index (χ4n) is 3.20. The third-order valence-corrected chi connectivity index (χ3v) is 4.58. The van der Waals surface area contributed by atoms with Gasteiger partial charge in [0, 0.05) is 7.11 Å². The van der Waals surface area contributed by atoms with Crippen LogP contribution in [0.2, 0.25) is 0 Å². The van der Waals surface area contributed by atoms with Crippen LogP contribution in [0.4, 0.5) is 0 Å². The second-order valence-corrected chi connectivity index (χ2v) is 7.26. The van der Waals surface area contributed by atoms with Gasteiger partial charge < -0.3 is 23.7 Å². The number of ether oxygens (including phenoxy) is 5. The molecule has 0 N–H and O–H groups in total. The average molecular weight is 398 g/mol. The molecule has 154 valence electrons. The molecule has 2 aliphatic heterocycles. The monoisotopic (exact) mass is 398 g/mol. The van der Waals surface area contributed by atoms with Crippen molar-refractivity contribution in [3.8, 4) is 11.5 Å². The molecule has 0 saturated heterocycles. The van der Waals surface area contributed by atoms with E-state index >= 15 is 0 Å². The first kappa shape index (κ1) is 20.7. The van der Waals surface area contributed by atoms with Crippen LogP contribution < -0.4 is 9.47 Å². The first-order valence-electron chi connectivity index (χ1n) is 9.32. The number of fused-ring (bicyclic) bond motifs is 1. The van der Waals surface area contributed by atoms with Gasteiger partial charge in [0.15, 0.2) is 17.3 Å². The lowest BCUT2D eigenvalue weighted by molar-refractivity contribution is -0.112. The quantitative estimate of drug-likeness (QED) is 0.507. The molecule has 0 bridgehead atoms. The van der Waals surface area contributed by atoms with Crippen molar-refractivity contribution in [2.75, 3.05) is 27.6 Å². The number of hydrogen-bond donors (Lipinski definition) is 0. The molecule has 0 atom stereocenters. The molecule has 0 saturated carbocycles. The SMILES string of the molecule is COC/C(C(=O)/C=C/c1ccc2c(c1)OCO2)=C(/OC)C1=C(C)OC(C)(C)C=C1. The van der Waals surface area contributed by atoms with Crippen molar-refractivity contribution in [1.29, 1.82) is 0 Å². The first-order valence-corrected chi connectivity index (χ1v) is 9.32. The Hall–Kier alpha value is -2.99. The maximum atomic E-state index is 13.0. The zero-order chi connectivity index (χ0) is 21.0. The highest BCUT2D eigenvalue weighted by atomic mass is 16.7. The normalized spacial score (nSPS) is 18.0. The van der Waals surface area contributed by atoms with Gasteiger partial charge in [0.1, 0.15) is 17.1 Å². The van der Waals surface area contributed by atoms with E-state index in [1.54, 1.807) is 13.2 Å². The van der Waals surface area contributed by atoms with Crippen LogP contribution in [0, 0.1) is 0 Å². The first-order chi connectivity index (χ1) is 13.8. The third-order valence-electron chi connectivity index (χ3n) is 4.58. The lowest BCUT2D eigenvalue weighted by Gasteiger charge is -2.29. The molecule has 1 aromatic rings.